The lowest BCUT2D eigenvalue weighted by Gasteiger charge is -2.05. The monoisotopic (exact) mass is 227 g/mol. The minimum atomic E-state index is -0.540. The van der Waals surface area contributed by atoms with Gasteiger partial charge in [-0.15, -0.1) is 11.8 Å². The van der Waals surface area contributed by atoms with Gasteiger partial charge in [0.2, 0.25) is 0 Å². The summed E-state index contributed by atoms with van der Waals surface area (Å²) >= 11 is 1.38. The molecule has 0 unspecified atom stereocenters. The van der Waals surface area contributed by atoms with Crippen LogP contribution in [0.2, 0.25) is 0 Å². The number of hydrogen-bond donors (Lipinski definition) is 3. The van der Waals surface area contributed by atoms with Crippen molar-refractivity contribution in [1.82, 2.24) is 4.98 Å². The summed E-state index contributed by atoms with van der Waals surface area (Å²) in [5.74, 6) is 0.148. The van der Waals surface area contributed by atoms with Gasteiger partial charge in [-0.2, -0.15) is 0 Å². The fourth-order valence-electron chi connectivity index (χ4n) is 0.993. The SMILES string of the molecule is NC(=O)c1cc(N)cnc1SCCCO. The molecule has 0 bridgehead atoms. The van der Waals surface area contributed by atoms with Crippen molar-refractivity contribution in [2.75, 3.05) is 18.1 Å². The van der Waals surface area contributed by atoms with Crippen LogP contribution in [0.25, 0.3) is 0 Å². The van der Waals surface area contributed by atoms with Crippen molar-refractivity contribution < 1.29 is 9.90 Å². The Morgan fingerprint density at radius 3 is 2.93 bits per heavy atom. The van der Waals surface area contributed by atoms with E-state index in [2.05, 4.69) is 4.98 Å². The molecule has 0 aliphatic rings. The summed E-state index contributed by atoms with van der Waals surface area (Å²) in [4.78, 5) is 15.1. The van der Waals surface area contributed by atoms with Gasteiger partial charge in [-0.1, -0.05) is 0 Å². The molecule has 1 amide bonds. The number of nitrogens with zero attached hydrogens (tertiary/aromatic N) is 1. The third-order valence-corrected chi connectivity index (χ3v) is 2.77. The molecule has 0 radical (unpaired) electrons. The summed E-state index contributed by atoms with van der Waals surface area (Å²) in [6, 6.07) is 1.51. The molecule has 1 aromatic rings. The first-order valence-electron chi connectivity index (χ1n) is 4.44. The average Bonchev–Trinajstić information content (AvgIpc) is 2.20. The maximum Gasteiger partial charge on any atom is 0.251 e. The lowest BCUT2D eigenvalue weighted by molar-refractivity contribution is 0.0997. The predicted molar refractivity (Wildman–Crippen MR) is 59.6 cm³/mol. The molecule has 0 fully saturated rings. The molecule has 0 saturated heterocycles. The molecule has 0 aliphatic carbocycles. The van der Waals surface area contributed by atoms with E-state index in [9.17, 15) is 4.79 Å². The fraction of sp³-hybridized carbons (Fsp3) is 0.333. The Hall–Kier alpha value is -1.27. The third kappa shape index (κ3) is 3.41. The van der Waals surface area contributed by atoms with E-state index < -0.39 is 5.91 Å². The normalized spacial score (nSPS) is 10.2. The van der Waals surface area contributed by atoms with E-state index in [-0.39, 0.29) is 6.61 Å². The van der Waals surface area contributed by atoms with Crippen LogP contribution in [-0.2, 0) is 0 Å². The number of thioether (sulfide) groups is 1. The second kappa shape index (κ2) is 5.57. The molecule has 6 heteroatoms. The highest BCUT2D eigenvalue weighted by Gasteiger charge is 2.10. The summed E-state index contributed by atoms with van der Waals surface area (Å²) in [7, 11) is 0. The smallest absolute Gasteiger partial charge is 0.251 e. The van der Waals surface area contributed by atoms with Crippen molar-refractivity contribution in [3.8, 4) is 0 Å². The molecule has 0 atom stereocenters. The van der Waals surface area contributed by atoms with E-state index in [0.29, 0.717) is 28.5 Å². The summed E-state index contributed by atoms with van der Waals surface area (Å²) in [6.45, 7) is 0.119. The van der Waals surface area contributed by atoms with E-state index >= 15 is 0 Å². The van der Waals surface area contributed by atoms with Gasteiger partial charge in [0.25, 0.3) is 5.91 Å². The second-order valence-corrected chi connectivity index (χ2v) is 3.99. The molecule has 1 aromatic heterocycles. The lowest BCUT2D eigenvalue weighted by Crippen LogP contribution is -2.13. The first-order valence-corrected chi connectivity index (χ1v) is 5.42. The Kier molecular flexibility index (Phi) is 4.38. The molecule has 82 valence electrons. The number of carbonyl (C=O) groups excluding carboxylic acids is 1. The minimum absolute atomic E-state index is 0.119. The number of rotatable bonds is 5. The molecule has 1 heterocycles. The quantitative estimate of drug-likeness (QED) is 0.494. The van der Waals surface area contributed by atoms with Crippen LogP contribution in [-0.4, -0.2) is 28.4 Å². The first-order chi connectivity index (χ1) is 7.15. The number of carbonyl (C=O) groups is 1. The van der Waals surface area contributed by atoms with Gasteiger partial charge in [-0.3, -0.25) is 4.79 Å². The fourth-order valence-corrected chi connectivity index (χ4v) is 1.90. The summed E-state index contributed by atoms with van der Waals surface area (Å²) < 4.78 is 0. The Labute approximate surface area is 91.9 Å². The summed E-state index contributed by atoms with van der Waals surface area (Å²) in [5.41, 5.74) is 11.4. The van der Waals surface area contributed by atoms with Crippen molar-refractivity contribution in [2.45, 2.75) is 11.4 Å². The van der Waals surface area contributed by atoms with Gasteiger partial charge in [0.15, 0.2) is 0 Å². The van der Waals surface area contributed by atoms with Gasteiger partial charge >= 0.3 is 0 Å². The summed E-state index contributed by atoms with van der Waals surface area (Å²) in [5, 5.41) is 9.18. The molecule has 1 rings (SSSR count). The third-order valence-electron chi connectivity index (χ3n) is 1.68. The van der Waals surface area contributed by atoms with Crippen molar-refractivity contribution in [2.24, 2.45) is 5.73 Å². The molecular weight excluding hydrogens is 214 g/mol. The first kappa shape index (κ1) is 11.8. The van der Waals surface area contributed by atoms with E-state index in [1.807, 2.05) is 0 Å². The predicted octanol–water partition coefficient (Wildman–Crippen LogP) is 0.237. The number of amides is 1. The van der Waals surface area contributed by atoms with Crippen LogP contribution >= 0.6 is 11.8 Å². The molecule has 0 aromatic carbocycles. The number of aliphatic hydroxyl groups excluding tert-OH is 1. The number of primary amides is 1. The number of aliphatic hydroxyl groups is 1. The second-order valence-electron chi connectivity index (χ2n) is 2.91. The van der Waals surface area contributed by atoms with Gasteiger partial charge in [-0.05, 0) is 12.5 Å². The van der Waals surface area contributed by atoms with E-state index in [0.717, 1.165) is 0 Å². The number of hydrogen-bond acceptors (Lipinski definition) is 5. The number of nitrogen functional groups attached to an aromatic ring is 1. The maximum absolute atomic E-state index is 11.1. The number of aromatic nitrogens is 1. The molecule has 5 N–H and O–H groups in total. The zero-order valence-corrected chi connectivity index (χ0v) is 8.96. The molecular formula is C9H13N3O2S. The van der Waals surface area contributed by atoms with Crippen LogP contribution in [0.1, 0.15) is 16.8 Å². The van der Waals surface area contributed by atoms with Crippen LogP contribution in [0.5, 0.6) is 0 Å². The largest absolute Gasteiger partial charge is 0.397 e. The van der Waals surface area contributed by atoms with Gasteiger partial charge in [0.05, 0.1) is 17.4 Å². The molecule has 0 aliphatic heterocycles. The topological polar surface area (TPSA) is 102 Å². The molecule has 0 saturated carbocycles. The lowest BCUT2D eigenvalue weighted by atomic mass is 10.2. The van der Waals surface area contributed by atoms with Crippen molar-refractivity contribution in [3.63, 3.8) is 0 Å². The van der Waals surface area contributed by atoms with Crippen molar-refractivity contribution >= 4 is 23.4 Å². The summed E-state index contributed by atoms with van der Waals surface area (Å²) in [6.07, 6.45) is 2.13. The number of pyridine rings is 1. The highest BCUT2D eigenvalue weighted by Crippen LogP contribution is 2.22. The Morgan fingerprint density at radius 1 is 1.60 bits per heavy atom. The van der Waals surface area contributed by atoms with Gasteiger partial charge in [0.1, 0.15) is 5.03 Å². The maximum atomic E-state index is 11.1. The van der Waals surface area contributed by atoms with Crippen LogP contribution < -0.4 is 11.5 Å². The van der Waals surface area contributed by atoms with Gasteiger partial charge < -0.3 is 16.6 Å². The zero-order valence-electron chi connectivity index (χ0n) is 8.14. The Bertz CT molecular complexity index is 357. The van der Waals surface area contributed by atoms with Crippen LogP contribution in [0.3, 0.4) is 0 Å². The average molecular weight is 227 g/mol. The van der Waals surface area contributed by atoms with E-state index in [1.54, 1.807) is 0 Å². The Balaban J connectivity index is 2.81. The minimum Gasteiger partial charge on any atom is -0.397 e. The van der Waals surface area contributed by atoms with Gasteiger partial charge in [0, 0.05) is 12.4 Å². The standard InChI is InChI=1S/C9H13N3O2S/c10-6-4-7(8(11)14)9(12-5-6)15-3-1-2-13/h4-5,13H,1-3,10H2,(H2,11,14). The highest BCUT2D eigenvalue weighted by atomic mass is 32.2. The van der Waals surface area contributed by atoms with Crippen molar-refractivity contribution in [3.05, 3.63) is 17.8 Å². The Morgan fingerprint density at radius 2 is 2.33 bits per heavy atom. The van der Waals surface area contributed by atoms with Crippen LogP contribution in [0.4, 0.5) is 5.69 Å². The molecule has 0 spiro atoms. The number of anilines is 1. The molecule has 5 nitrogen and oxygen atoms in total. The van der Waals surface area contributed by atoms with Crippen LogP contribution in [0.15, 0.2) is 17.3 Å². The number of nitrogens with two attached hydrogens (primary N) is 2. The van der Waals surface area contributed by atoms with Crippen LogP contribution in [0, 0.1) is 0 Å². The highest BCUT2D eigenvalue weighted by molar-refractivity contribution is 7.99. The van der Waals surface area contributed by atoms with Crippen molar-refractivity contribution in [1.29, 1.82) is 0 Å². The zero-order chi connectivity index (χ0) is 11.3. The van der Waals surface area contributed by atoms with E-state index in [4.69, 9.17) is 16.6 Å². The van der Waals surface area contributed by atoms with Gasteiger partial charge in [-0.25, -0.2) is 4.98 Å². The van der Waals surface area contributed by atoms with E-state index in [1.165, 1.54) is 24.0 Å². The molecule has 15 heavy (non-hydrogen) atoms.